The molecule has 0 aliphatic heterocycles. The molecular formula is C11H15N3O4S. The Morgan fingerprint density at radius 3 is 2.53 bits per heavy atom. The molecule has 1 aromatic heterocycles. The summed E-state index contributed by atoms with van der Waals surface area (Å²) >= 11 is 4.22. The van der Waals surface area contributed by atoms with E-state index in [1.807, 2.05) is 0 Å². The predicted molar refractivity (Wildman–Crippen MR) is 72.8 cm³/mol. The number of nitrogens with zero attached hydrogens (tertiary/aromatic N) is 3. The molecule has 0 aromatic carbocycles. The molecular weight excluding hydrogens is 270 g/mol. The Hall–Kier alpha value is -1.57. The lowest BCUT2D eigenvalue weighted by Gasteiger charge is -2.14. The summed E-state index contributed by atoms with van der Waals surface area (Å²) in [6.45, 7) is 2.19. The summed E-state index contributed by atoms with van der Waals surface area (Å²) in [6, 6.07) is 0. The minimum absolute atomic E-state index is 0.160. The summed E-state index contributed by atoms with van der Waals surface area (Å²) in [4.78, 5) is 34.2. The molecule has 0 radical (unpaired) electrons. The Balaban J connectivity index is 2.58. The quantitative estimate of drug-likeness (QED) is 0.489. The summed E-state index contributed by atoms with van der Waals surface area (Å²) < 4.78 is 2.17. The van der Waals surface area contributed by atoms with Crippen molar-refractivity contribution in [1.29, 1.82) is 0 Å². The van der Waals surface area contributed by atoms with Crippen molar-refractivity contribution in [3.63, 3.8) is 0 Å². The molecule has 0 saturated heterocycles. The zero-order chi connectivity index (χ0) is 14.2. The van der Waals surface area contributed by atoms with Gasteiger partial charge in [-0.25, -0.2) is 4.79 Å². The Morgan fingerprint density at radius 1 is 1.47 bits per heavy atom. The average Bonchev–Trinajstić information content (AvgIpc) is 3.15. The first-order chi connectivity index (χ1) is 8.94. The standard InChI is InChI=1S/C11H15N3O4S/c1-2-12-5-8(14(17)18)9(15)13(10(12)16)6-11(7-19)3-4-11/h5,19H,2-4,6-7H2,1H3. The molecule has 2 rings (SSSR count). The molecule has 1 heterocycles. The van der Waals surface area contributed by atoms with Gasteiger partial charge in [-0.3, -0.25) is 24.0 Å². The molecule has 0 bridgehead atoms. The van der Waals surface area contributed by atoms with Gasteiger partial charge < -0.3 is 0 Å². The number of rotatable bonds is 5. The van der Waals surface area contributed by atoms with E-state index in [-0.39, 0.29) is 18.5 Å². The van der Waals surface area contributed by atoms with Crippen LogP contribution < -0.4 is 11.2 Å². The highest BCUT2D eigenvalue weighted by atomic mass is 32.1. The molecule has 8 heteroatoms. The molecule has 1 fully saturated rings. The maximum Gasteiger partial charge on any atom is 0.350 e. The molecule has 1 aromatic rings. The maximum atomic E-state index is 12.1. The molecule has 7 nitrogen and oxygen atoms in total. The van der Waals surface area contributed by atoms with Crippen LogP contribution >= 0.6 is 12.6 Å². The van der Waals surface area contributed by atoms with Crippen LogP contribution in [0.25, 0.3) is 0 Å². The van der Waals surface area contributed by atoms with Crippen molar-refractivity contribution in [2.75, 3.05) is 5.75 Å². The molecule has 0 atom stereocenters. The van der Waals surface area contributed by atoms with Gasteiger partial charge in [-0.05, 0) is 30.9 Å². The van der Waals surface area contributed by atoms with Crippen molar-refractivity contribution in [1.82, 2.24) is 9.13 Å². The van der Waals surface area contributed by atoms with Crippen molar-refractivity contribution in [3.8, 4) is 0 Å². The highest BCUT2D eigenvalue weighted by Crippen LogP contribution is 2.47. The number of hydrogen-bond acceptors (Lipinski definition) is 5. The van der Waals surface area contributed by atoms with Crippen LogP contribution in [0.1, 0.15) is 19.8 Å². The minimum Gasteiger partial charge on any atom is -0.294 e. The van der Waals surface area contributed by atoms with Crippen molar-refractivity contribution < 1.29 is 4.92 Å². The lowest BCUT2D eigenvalue weighted by molar-refractivity contribution is -0.387. The SMILES string of the molecule is CCn1cc([N+](=O)[O-])c(=O)n(CC2(CS)CC2)c1=O. The fraction of sp³-hybridized carbons (Fsp3) is 0.636. The highest BCUT2D eigenvalue weighted by Gasteiger charge is 2.42. The summed E-state index contributed by atoms with van der Waals surface area (Å²) in [5, 5.41) is 10.9. The molecule has 1 saturated carbocycles. The largest absolute Gasteiger partial charge is 0.350 e. The number of aromatic nitrogens is 2. The van der Waals surface area contributed by atoms with Crippen molar-refractivity contribution in [3.05, 3.63) is 37.1 Å². The first-order valence-corrected chi connectivity index (χ1v) is 6.67. The van der Waals surface area contributed by atoms with E-state index < -0.39 is 21.9 Å². The van der Waals surface area contributed by atoms with Gasteiger partial charge in [-0.2, -0.15) is 12.6 Å². The van der Waals surface area contributed by atoms with Crippen LogP contribution in [0.3, 0.4) is 0 Å². The van der Waals surface area contributed by atoms with Gasteiger partial charge in [-0.1, -0.05) is 0 Å². The zero-order valence-corrected chi connectivity index (χ0v) is 11.4. The number of nitro groups is 1. The van der Waals surface area contributed by atoms with Crippen molar-refractivity contribution in [2.24, 2.45) is 5.41 Å². The van der Waals surface area contributed by atoms with E-state index in [4.69, 9.17) is 0 Å². The molecule has 0 spiro atoms. The third-order valence-electron chi connectivity index (χ3n) is 3.54. The van der Waals surface area contributed by atoms with E-state index in [0.29, 0.717) is 5.75 Å². The van der Waals surface area contributed by atoms with Gasteiger partial charge >= 0.3 is 16.9 Å². The second-order valence-electron chi connectivity index (χ2n) is 4.89. The third kappa shape index (κ3) is 2.44. The molecule has 19 heavy (non-hydrogen) atoms. The van der Waals surface area contributed by atoms with Gasteiger partial charge in [0.1, 0.15) is 0 Å². The predicted octanol–water partition coefficient (Wildman–Crippen LogP) is 0.648. The first-order valence-electron chi connectivity index (χ1n) is 6.03. The van der Waals surface area contributed by atoms with E-state index >= 15 is 0 Å². The van der Waals surface area contributed by atoms with E-state index in [1.165, 1.54) is 4.57 Å². The van der Waals surface area contributed by atoms with E-state index in [1.54, 1.807) is 6.92 Å². The molecule has 0 amide bonds. The normalized spacial score (nSPS) is 16.3. The highest BCUT2D eigenvalue weighted by molar-refractivity contribution is 7.80. The molecule has 104 valence electrons. The average molecular weight is 285 g/mol. The van der Waals surface area contributed by atoms with Crippen LogP contribution in [0.5, 0.6) is 0 Å². The van der Waals surface area contributed by atoms with Crippen LogP contribution in [0.4, 0.5) is 5.69 Å². The van der Waals surface area contributed by atoms with E-state index in [0.717, 1.165) is 23.6 Å². The lowest BCUT2D eigenvalue weighted by Crippen LogP contribution is -2.42. The number of thiol groups is 1. The van der Waals surface area contributed by atoms with Crippen LogP contribution in [-0.4, -0.2) is 19.8 Å². The molecule has 1 aliphatic rings. The van der Waals surface area contributed by atoms with E-state index in [9.17, 15) is 19.7 Å². The van der Waals surface area contributed by atoms with E-state index in [2.05, 4.69) is 12.6 Å². The second kappa shape index (κ2) is 4.84. The second-order valence-corrected chi connectivity index (χ2v) is 5.21. The first kappa shape index (κ1) is 13.9. The Kier molecular flexibility index (Phi) is 3.53. The Bertz CT molecular complexity index is 630. The van der Waals surface area contributed by atoms with Crippen LogP contribution in [0, 0.1) is 15.5 Å². The maximum absolute atomic E-state index is 12.1. The molecule has 1 aliphatic carbocycles. The molecule has 0 N–H and O–H groups in total. The van der Waals surface area contributed by atoms with Crippen LogP contribution in [-0.2, 0) is 13.1 Å². The van der Waals surface area contributed by atoms with Gasteiger partial charge in [0.2, 0.25) is 0 Å². The van der Waals surface area contributed by atoms with Gasteiger partial charge in [0.05, 0.1) is 11.1 Å². The van der Waals surface area contributed by atoms with Crippen LogP contribution in [0.15, 0.2) is 15.8 Å². The number of aryl methyl sites for hydroxylation is 1. The van der Waals surface area contributed by atoms with Crippen molar-refractivity contribution in [2.45, 2.75) is 32.9 Å². The summed E-state index contributed by atoms with van der Waals surface area (Å²) in [6.07, 6.45) is 2.79. The number of hydrogen-bond donors (Lipinski definition) is 1. The van der Waals surface area contributed by atoms with Gasteiger partial charge in [-0.15, -0.1) is 0 Å². The summed E-state index contributed by atoms with van der Waals surface area (Å²) in [5.41, 5.74) is -2.04. The van der Waals surface area contributed by atoms with Crippen molar-refractivity contribution >= 4 is 18.3 Å². The topological polar surface area (TPSA) is 87.1 Å². The zero-order valence-electron chi connectivity index (χ0n) is 10.5. The van der Waals surface area contributed by atoms with Gasteiger partial charge in [0.25, 0.3) is 0 Å². The van der Waals surface area contributed by atoms with Gasteiger partial charge in [0.15, 0.2) is 0 Å². The third-order valence-corrected chi connectivity index (χ3v) is 4.21. The minimum atomic E-state index is -0.826. The fourth-order valence-corrected chi connectivity index (χ4v) is 2.42. The lowest BCUT2D eigenvalue weighted by atomic mass is 10.1. The Morgan fingerprint density at radius 2 is 2.11 bits per heavy atom. The summed E-state index contributed by atoms with van der Waals surface area (Å²) in [5.74, 6) is 0.563. The Labute approximate surface area is 114 Å². The summed E-state index contributed by atoms with van der Waals surface area (Å²) in [7, 11) is 0. The van der Waals surface area contributed by atoms with Gasteiger partial charge in [0, 0.05) is 13.1 Å². The monoisotopic (exact) mass is 285 g/mol. The fourth-order valence-electron chi connectivity index (χ4n) is 2.01. The van der Waals surface area contributed by atoms with Crippen LogP contribution in [0.2, 0.25) is 0 Å². The molecule has 0 unspecified atom stereocenters. The smallest absolute Gasteiger partial charge is 0.294 e.